The maximum Gasteiger partial charge on any atom is 0.255 e. The minimum atomic E-state index is -0.238. The van der Waals surface area contributed by atoms with Gasteiger partial charge in [-0.15, -0.1) is 0 Å². The molecular weight excluding hydrogens is 388 g/mol. The average Bonchev–Trinajstić information content (AvgIpc) is 3.07. The van der Waals surface area contributed by atoms with Crippen molar-refractivity contribution in [3.8, 4) is 5.69 Å². The number of carbonyl (C=O) groups excluding carboxylic acids is 2. The molecular formula is C25H28N4O2. The maximum absolute atomic E-state index is 13.4. The number of amides is 2. The number of para-hydroxylation sites is 1. The highest BCUT2D eigenvalue weighted by Gasteiger charge is 2.30. The van der Waals surface area contributed by atoms with Gasteiger partial charge in [-0.05, 0) is 63.9 Å². The second-order valence-electron chi connectivity index (χ2n) is 8.20. The third-order valence-electron chi connectivity index (χ3n) is 5.89. The zero-order valence-electron chi connectivity index (χ0n) is 18.3. The molecule has 1 unspecified atom stereocenters. The highest BCUT2D eigenvalue weighted by molar-refractivity contribution is 5.97. The zero-order valence-corrected chi connectivity index (χ0v) is 18.3. The molecule has 6 heteroatoms. The number of aryl methyl sites for hydroxylation is 2. The van der Waals surface area contributed by atoms with Gasteiger partial charge in [-0.1, -0.05) is 24.3 Å². The molecule has 1 aliphatic heterocycles. The van der Waals surface area contributed by atoms with Crippen molar-refractivity contribution in [2.45, 2.75) is 33.6 Å². The van der Waals surface area contributed by atoms with Crippen molar-refractivity contribution in [2.75, 3.05) is 18.4 Å². The van der Waals surface area contributed by atoms with Crippen LogP contribution < -0.4 is 5.32 Å². The first-order valence-electron chi connectivity index (χ1n) is 10.7. The van der Waals surface area contributed by atoms with Crippen LogP contribution >= 0.6 is 0 Å². The number of hydrogen-bond donors (Lipinski definition) is 1. The molecule has 0 aliphatic carbocycles. The normalized spacial score (nSPS) is 16.2. The first-order valence-corrected chi connectivity index (χ1v) is 10.7. The minimum Gasteiger partial charge on any atom is -0.338 e. The molecule has 3 aromatic rings. The number of likely N-dealkylation sites (tertiary alicyclic amines) is 1. The lowest BCUT2D eigenvalue weighted by atomic mass is 9.96. The van der Waals surface area contributed by atoms with Gasteiger partial charge in [0.2, 0.25) is 5.91 Å². The summed E-state index contributed by atoms with van der Waals surface area (Å²) in [6.07, 6.45) is 1.58. The lowest BCUT2D eigenvalue weighted by molar-refractivity contribution is -0.121. The third-order valence-corrected chi connectivity index (χ3v) is 5.89. The van der Waals surface area contributed by atoms with Crippen LogP contribution in [0.4, 0.5) is 5.82 Å². The fraction of sp³-hybridized carbons (Fsp3) is 0.320. The molecule has 1 aromatic carbocycles. The van der Waals surface area contributed by atoms with E-state index in [1.807, 2.05) is 74.2 Å². The highest BCUT2D eigenvalue weighted by atomic mass is 16.2. The summed E-state index contributed by atoms with van der Waals surface area (Å²) < 4.78 is 2.10. The molecule has 1 fully saturated rings. The van der Waals surface area contributed by atoms with E-state index in [1.54, 1.807) is 6.07 Å². The Morgan fingerprint density at radius 3 is 2.55 bits per heavy atom. The van der Waals surface area contributed by atoms with Gasteiger partial charge in [-0.25, -0.2) is 4.98 Å². The SMILES string of the molecule is Cc1cccc(NC(=O)C2CCCN(C(=O)c3cc(C)n(-c4ccccc4)c3C)C2)n1. The van der Waals surface area contributed by atoms with E-state index in [-0.39, 0.29) is 17.7 Å². The van der Waals surface area contributed by atoms with E-state index in [0.29, 0.717) is 24.5 Å². The number of nitrogens with zero attached hydrogens (tertiary/aromatic N) is 3. The van der Waals surface area contributed by atoms with Crippen molar-refractivity contribution < 1.29 is 9.59 Å². The van der Waals surface area contributed by atoms with E-state index >= 15 is 0 Å². The molecule has 0 spiro atoms. The lowest BCUT2D eigenvalue weighted by Crippen LogP contribution is -2.44. The van der Waals surface area contributed by atoms with Crippen LogP contribution in [-0.4, -0.2) is 39.4 Å². The van der Waals surface area contributed by atoms with E-state index in [4.69, 9.17) is 0 Å². The second-order valence-corrected chi connectivity index (χ2v) is 8.20. The molecule has 160 valence electrons. The maximum atomic E-state index is 13.4. The number of piperidine rings is 1. The van der Waals surface area contributed by atoms with Crippen molar-refractivity contribution in [1.29, 1.82) is 0 Å². The Balaban J connectivity index is 1.50. The van der Waals surface area contributed by atoms with Crippen molar-refractivity contribution in [3.63, 3.8) is 0 Å². The van der Waals surface area contributed by atoms with Crippen LogP contribution in [0.3, 0.4) is 0 Å². The van der Waals surface area contributed by atoms with Gasteiger partial charge in [0.15, 0.2) is 0 Å². The number of rotatable bonds is 4. The number of pyridine rings is 1. The van der Waals surface area contributed by atoms with Crippen molar-refractivity contribution in [2.24, 2.45) is 5.92 Å². The molecule has 0 saturated carbocycles. The monoisotopic (exact) mass is 416 g/mol. The summed E-state index contributed by atoms with van der Waals surface area (Å²) in [7, 11) is 0. The van der Waals surface area contributed by atoms with Gasteiger partial charge >= 0.3 is 0 Å². The number of hydrogen-bond acceptors (Lipinski definition) is 3. The lowest BCUT2D eigenvalue weighted by Gasteiger charge is -2.32. The second kappa shape index (κ2) is 8.76. The van der Waals surface area contributed by atoms with Crippen LogP contribution in [-0.2, 0) is 4.79 Å². The van der Waals surface area contributed by atoms with Crippen LogP contribution in [0.15, 0.2) is 54.6 Å². The topological polar surface area (TPSA) is 67.2 Å². The Kier molecular flexibility index (Phi) is 5.89. The summed E-state index contributed by atoms with van der Waals surface area (Å²) in [5.74, 6) is 0.226. The van der Waals surface area contributed by atoms with Crippen molar-refractivity contribution in [1.82, 2.24) is 14.5 Å². The van der Waals surface area contributed by atoms with Gasteiger partial charge in [-0.2, -0.15) is 0 Å². The Hall–Kier alpha value is -3.41. The van der Waals surface area contributed by atoms with Crippen LogP contribution in [0.1, 0.15) is 40.3 Å². The van der Waals surface area contributed by atoms with Crippen LogP contribution in [0, 0.1) is 26.7 Å². The van der Waals surface area contributed by atoms with E-state index in [1.165, 1.54) is 0 Å². The van der Waals surface area contributed by atoms with Gasteiger partial charge in [0, 0.05) is 35.9 Å². The van der Waals surface area contributed by atoms with Crippen LogP contribution in [0.25, 0.3) is 5.69 Å². The molecule has 1 aliphatic rings. The van der Waals surface area contributed by atoms with E-state index in [2.05, 4.69) is 14.9 Å². The predicted octanol–water partition coefficient (Wildman–Crippen LogP) is 4.29. The van der Waals surface area contributed by atoms with E-state index < -0.39 is 0 Å². The standard InChI is InChI=1S/C25H28N4O2/c1-17-9-7-13-23(26-17)27-24(30)20-10-8-14-28(16-20)25(31)22-15-18(2)29(19(22)3)21-11-5-4-6-12-21/h4-7,9,11-13,15,20H,8,10,14,16H2,1-3H3,(H,26,27,30). The largest absolute Gasteiger partial charge is 0.338 e. The van der Waals surface area contributed by atoms with Crippen molar-refractivity contribution in [3.05, 3.63) is 77.2 Å². The van der Waals surface area contributed by atoms with Gasteiger partial charge in [0.05, 0.1) is 11.5 Å². The number of aromatic nitrogens is 2. The fourth-order valence-corrected chi connectivity index (χ4v) is 4.34. The molecule has 2 aromatic heterocycles. The Morgan fingerprint density at radius 1 is 1.03 bits per heavy atom. The Labute approximate surface area is 182 Å². The summed E-state index contributed by atoms with van der Waals surface area (Å²) in [6, 6.07) is 17.5. The molecule has 0 radical (unpaired) electrons. The molecule has 4 rings (SSSR count). The molecule has 31 heavy (non-hydrogen) atoms. The van der Waals surface area contributed by atoms with E-state index in [0.717, 1.165) is 35.6 Å². The summed E-state index contributed by atoms with van der Waals surface area (Å²) in [4.78, 5) is 32.3. The third kappa shape index (κ3) is 4.38. The van der Waals surface area contributed by atoms with Crippen LogP contribution in [0.2, 0.25) is 0 Å². The summed E-state index contributed by atoms with van der Waals surface area (Å²) in [5, 5.41) is 2.91. The predicted molar refractivity (Wildman–Crippen MR) is 121 cm³/mol. The Bertz CT molecular complexity index is 1100. The number of nitrogens with one attached hydrogen (secondary N) is 1. The quantitative estimate of drug-likeness (QED) is 0.690. The molecule has 0 bridgehead atoms. The molecule has 1 atom stereocenters. The number of anilines is 1. The first kappa shape index (κ1) is 20.8. The number of carbonyl (C=O) groups is 2. The van der Waals surface area contributed by atoms with Gasteiger partial charge in [0.25, 0.3) is 5.91 Å². The molecule has 1 saturated heterocycles. The van der Waals surface area contributed by atoms with Gasteiger partial charge in [0.1, 0.15) is 5.82 Å². The highest BCUT2D eigenvalue weighted by Crippen LogP contribution is 2.25. The smallest absolute Gasteiger partial charge is 0.255 e. The molecule has 2 amide bonds. The molecule has 6 nitrogen and oxygen atoms in total. The zero-order chi connectivity index (χ0) is 22.0. The average molecular weight is 417 g/mol. The summed E-state index contributed by atoms with van der Waals surface area (Å²) in [6.45, 7) is 6.97. The van der Waals surface area contributed by atoms with E-state index in [9.17, 15) is 9.59 Å². The number of benzene rings is 1. The summed E-state index contributed by atoms with van der Waals surface area (Å²) >= 11 is 0. The summed E-state index contributed by atoms with van der Waals surface area (Å²) in [5.41, 5.74) is 4.53. The molecule has 3 heterocycles. The minimum absolute atomic E-state index is 0.0125. The first-order chi connectivity index (χ1) is 14.9. The van der Waals surface area contributed by atoms with Crippen LogP contribution in [0.5, 0.6) is 0 Å². The fourth-order valence-electron chi connectivity index (χ4n) is 4.34. The van der Waals surface area contributed by atoms with Gasteiger partial charge in [-0.3, -0.25) is 9.59 Å². The molecule has 1 N–H and O–H groups in total. The Morgan fingerprint density at radius 2 is 1.81 bits per heavy atom. The van der Waals surface area contributed by atoms with Gasteiger partial charge < -0.3 is 14.8 Å². The van der Waals surface area contributed by atoms with Crippen molar-refractivity contribution >= 4 is 17.6 Å².